The molecule has 1 aliphatic heterocycles. The standard InChI is InChI=1S/C19H21FN4O5S/c1-2-29-19(28)23-9-7-22(8-10-23)16(25)12-30-18-21-11-15(17(26)27)24(18)14-5-3-13(20)4-6-14/h3-6,11H,2,7-10,12H2,1H3,(H,26,27). The average molecular weight is 436 g/mol. The van der Waals surface area contributed by atoms with Gasteiger partial charge < -0.3 is 19.6 Å². The number of ether oxygens (including phenoxy) is 1. The number of hydrogen-bond donors (Lipinski definition) is 1. The summed E-state index contributed by atoms with van der Waals surface area (Å²) < 4.78 is 19.6. The van der Waals surface area contributed by atoms with Crippen molar-refractivity contribution in [3.8, 4) is 5.69 Å². The molecule has 1 fully saturated rings. The Hall–Kier alpha value is -3.08. The van der Waals surface area contributed by atoms with Crippen LogP contribution in [0, 0.1) is 5.82 Å². The molecule has 2 heterocycles. The number of rotatable bonds is 6. The number of carboxylic acids is 1. The number of halogens is 1. The van der Waals surface area contributed by atoms with Gasteiger partial charge in [-0.2, -0.15) is 0 Å². The van der Waals surface area contributed by atoms with Crippen LogP contribution in [0.2, 0.25) is 0 Å². The van der Waals surface area contributed by atoms with Crippen molar-refractivity contribution < 1.29 is 28.6 Å². The first kappa shape index (κ1) is 21.6. The van der Waals surface area contributed by atoms with Crippen molar-refractivity contribution in [2.45, 2.75) is 12.1 Å². The monoisotopic (exact) mass is 436 g/mol. The van der Waals surface area contributed by atoms with Crippen molar-refractivity contribution in [1.82, 2.24) is 19.4 Å². The van der Waals surface area contributed by atoms with E-state index in [0.29, 0.717) is 43.6 Å². The molecule has 1 saturated heterocycles. The lowest BCUT2D eigenvalue weighted by molar-refractivity contribution is -0.129. The second-order valence-corrected chi connectivity index (χ2v) is 7.34. The largest absolute Gasteiger partial charge is 0.477 e. The minimum absolute atomic E-state index is 0.0523. The highest BCUT2D eigenvalue weighted by atomic mass is 32.2. The summed E-state index contributed by atoms with van der Waals surface area (Å²) in [6, 6.07) is 5.35. The highest BCUT2D eigenvalue weighted by Crippen LogP contribution is 2.24. The first-order valence-electron chi connectivity index (χ1n) is 9.30. The Labute approximate surface area is 176 Å². The van der Waals surface area contributed by atoms with Crippen LogP contribution in [0.25, 0.3) is 5.69 Å². The van der Waals surface area contributed by atoms with Gasteiger partial charge in [0.05, 0.1) is 18.6 Å². The molecule has 1 N–H and O–H groups in total. The van der Waals surface area contributed by atoms with Gasteiger partial charge in [-0.25, -0.2) is 19.0 Å². The van der Waals surface area contributed by atoms with E-state index in [-0.39, 0.29) is 23.4 Å². The first-order chi connectivity index (χ1) is 14.4. The third-order valence-corrected chi connectivity index (χ3v) is 5.45. The number of benzene rings is 1. The summed E-state index contributed by atoms with van der Waals surface area (Å²) >= 11 is 1.10. The molecule has 1 aliphatic rings. The zero-order valence-corrected chi connectivity index (χ0v) is 17.1. The quantitative estimate of drug-likeness (QED) is 0.692. The van der Waals surface area contributed by atoms with Gasteiger partial charge in [0.2, 0.25) is 5.91 Å². The van der Waals surface area contributed by atoms with Crippen LogP contribution in [0.4, 0.5) is 9.18 Å². The highest BCUT2D eigenvalue weighted by Gasteiger charge is 2.25. The molecule has 0 aliphatic carbocycles. The topological polar surface area (TPSA) is 105 Å². The minimum Gasteiger partial charge on any atom is -0.477 e. The van der Waals surface area contributed by atoms with Crippen LogP contribution < -0.4 is 0 Å². The fraction of sp³-hybridized carbons (Fsp3) is 0.368. The van der Waals surface area contributed by atoms with Gasteiger partial charge >= 0.3 is 12.1 Å². The van der Waals surface area contributed by atoms with Crippen LogP contribution >= 0.6 is 11.8 Å². The Bertz CT molecular complexity index is 926. The maximum atomic E-state index is 13.2. The molecular weight excluding hydrogens is 415 g/mol. The van der Waals surface area contributed by atoms with E-state index in [1.54, 1.807) is 16.7 Å². The van der Waals surface area contributed by atoms with Gasteiger partial charge in [0, 0.05) is 31.9 Å². The normalized spacial score (nSPS) is 13.9. The van der Waals surface area contributed by atoms with Crippen molar-refractivity contribution in [2.24, 2.45) is 0 Å². The van der Waals surface area contributed by atoms with Gasteiger partial charge in [0.1, 0.15) is 5.82 Å². The maximum absolute atomic E-state index is 13.2. The number of carboxylic acid groups (broad SMARTS) is 1. The van der Waals surface area contributed by atoms with Crippen LogP contribution in [-0.4, -0.2) is 81.0 Å². The molecule has 11 heteroatoms. The molecule has 1 aromatic heterocycles. The molecule has 30 heavy (non-hydrogen) atoms. The van der Waals surface area contributed by atoms with E-state index in [4.69, 9.17) is 4.74 Å². The molecule has 1 aromatic carbocycles. The third-order valence-electron chi connectivity index (χ3n) is 4.52. The number of amides is 2. The molecule has 9 nitrogen and oxygen atoms in total. The number of carbonyl (C=O) groups is 3. The predicted molar refractivity (Wildman–Crippen MR) is 106 cm³/mol. The third kappa shape index (κ3) is 4.90. The Morgan fingerprint density at radius 1 is 1.13 bits per heavy atom. The lowest BCUT2D eigenvalue weighted by Gasteiger charge is -2.34. The fourth-order valence-corrected chi connectivity index (χ4v) is 3.89. The van der Waals surface area contributed by atoms with E-state index in [0.717, 1.165) is 11.8 Å². The molecule has 0 radical (unpaired) electrons. The van der Waals surface area contributed by atoms with Crippen molar-refractivity contribution in [3.05, 3.63) is 42.0 Å². The van der Waals surface area contributed by atoms with Crippen molar-refractivity contribution >= 4 is 29.7 Å². The number of thioether (sulfide) groups is 1. The maximum Gasteiger partial charge on any atom is 0.409 e. The Morgan fingerprint density at radius 3 is 2.37 bits per heavy atom. The summed E-state index contributed by atoms with van der Waals surface area (Å²) in [5.41, 5.74) is 0.351. The lowest BCUT2D eigenvalue weighted by Crippen LogP contribution is -2.51. The number of nitrogens with zero attached hydrogens (tertiary/aromatic N) is 4. The van der Waals surface area contributed by atoms with Gasteiger partial charge in [-0.05, 0) is 31.2 Å². The molecule has 2 amide bonds. The molecule has 3 rings (SSSR count). The van der Waals surface area contributed by atoms with Crippen LogP contribution in [-0.2, 0) is 9.53 Å². The smallest absolute Gasteiger partial charge is 0.409 e. The molecule has 0 bridgehead atoms. The van der Waals surface area contributed by atoms with E-state index in [2.05, 4.69) is 4.98 Å². The highest BCUT2D eigenvalue weighted by molar-refractivity contribution is 7.99. The Morgan fingerprint density at radius 2 is 1.77 bits per heavy atom. The number of aromatic carboxylic acids is 1. The van der Waals surface area contributed by atoms with E-state index in [1.165, 1.54) is 35.0 Å². The van der Waals surface area contributed by atoms with Crippen LogP contribution in [0.15, 0.2) is 35.6 Å². The Kier molecular flexibility index (Phi) is 6.93. The zero-order valence-electron chi connectivity index (χ0n) is 16.3. The number of imidazole rings is 1. The SMILES string of the molecule is CCOC(=O)N1CCN(C(=O)CSc2ncc(C(=O)O)n2-c2ccc(F)cc2)CC1. The second-order valence-electron chi connectivity index (χ2n) is 6.40. The molecule has 0 saturated carbocycles. The average Bonchev–Trinajstić information content (AvgIpc) is 3.17. The zero-order chi connectivity index (χ0) is 21.7. The van der Waals surface area contributed by atoms with Crippen molar-refractivity contribution in [2.75, 3.05) is 38.5 Å². The number of carbonyl (C=O) groups excluding carboxylic acids is 2. The minimum atomic E-state index is -1.18. The van der Waals surface area contributed by atoms with Gasteiger partial charge in [-0.3, -0.25) is 9.36 Å². The van der Waals surface area contributed by atoms with Gasteiger partial charge in [0.25, 0.3) is 0 Å². The molecule has 2 aromatic rings. The summed E-state index contributed by atoms with van der Waals surface area (Å²) in [6.45, 7) is 3.61. The molecule has 160 valence electrons. The number of aromatic nitrogens is 2. The molecule has 0 atom stereocenters. The van der Waals surface area contributed by atoms with E-state index < -0.39 is 11.8 Å². The van der Waals surface area contributed by atoms with E-state index >= 15 is 0 Å². The van der Waals surface area contributed by atoms with Gasteiger partial charge in [-0.1, -0.05) is 11.8 Å². The lowest BCUT2D eigenvalue weighted by atomic mass is 10.3. The summed E-state index contributed by atoms with van der Waals surface area (Å²) in [5, 5.41) is 9.74. The number of piperazine rings is 1. The van der Waals surface area contributed by atoms with E-state index in [1.807, 2.05) is 0 Å². The van der Waals surface area contributed by atoms with Gasteiger partial charge in [0.15, 0.2) is 10.9 Å². The summed E-state index contributed by atoms with van der Waals surface area (Å²) in [6.07, 6.45) is 0.817. The van der Waals surface area contributed by atoms with Crippen LogP contribution in [0.5, 0.6) is 0 Å². The van der Waals surface area contributed by atoms with Gasteiger partial charge in [-0.15, -0.1) is 0 Å². The van der Waals surface area contributed by atoms with Crippen LogP contribution in [0.3, 0.4) is 0 Å². The summed E-state index contributed by atoms with van der Waals surface area (Å²) in [4.78, 5) is 43.2. The molecule has 0 unspecified atom stereocenters. The first-order valence-corrected chi connectivity index (χ1v) is 10.3. The second kappa shape index (κ2) is 9.61. The van der Waals surface area contributed by atoms with E-state index in [9.17, 15) is 23.9 Å². The fourth-order valence-electron chi connectivity index (χ4n) is 3.00. The molecular formula is C19H21FN4O5S. The Balaban J connectivity index is 1.65. The van der Waals surface area contributed by atoms with Crippen molar-refractivity contribution in [3.63, 3.8) is 0 Å². The van der Waals surface area contributed by atoms with Crippen molar-refractivity contribution in [1.29, 1.82) is 0 Å². The number of hydrogen-bond acceptors (Lipinski definition) is 6. The van der Waals surface area contributed by atoms with Crippen LogP contribution in [0.1, 0.15) is 17.4 Å². The summed E-state index contributed by atoms with van der Waals surface area (Å²) in [7, 11) is 0. The summed E-state index contributed by atoms with van der Waals surface area (Å²) in [5.74, 6) is -1.72. The predicted octanol–water partition coefficient (Wildman–Crippen LogP) is 2.10. The molecule has 0 spiro atoms.